The lowest BCUT2D eigenvalue weighted by Gasteiger charge is -2.11. The predicted molar refractivity (Wildman–Crippen MR) is 98.7 cm³/mol. The molecule has 1 saturated heterocycles. The average molecular weight is 318 g/mol. The number of allylic oxidation sites excluding steroid dienone is 2. The molecule has 0 spiro atoms. The molecule has 24 heavy (non-hydrogen) atoms. The Labute approximate surface area is 141 Å². The molecular weight excluding hydrogens is 296 g/mol. The van der Waals surface area contributed by atoms with Crippen molar-refractivity contribution in [3.8, 4) is 0 Å². The number of hydrogen-bond acceptors (Lipinski definition) is 3. The first-order valence-corrected chi connectivity index (χ1v) is 8.99. The maximum absolute atomic E-state index is 4.93. The van der Waals surface area contributed by atoms with E-state index in [9.17, 15) is 0 Å². The summed E-state index contributed by atoms with van der Waals surface area (Å²) in [4.78, 5) is 13.1. The third kappa shape index (κ3) is 2.82. The zero-order chi connectivity index (χ0) is 15.9. The molecular formula is C20H22N4. The molecule has 0 amide bonds. The van der Waals surface area contributed by atoms with E-state index in [1.807, 2.05) is 0 Å². The lowest BCUT2D eigenvalue weighted by atomic mass is 10.1. The molecule has 4 aliphatic heterocycles. The van der Waals surface area contributed by atoms with Crippen LogP contribution in [0.2, 0.25) is 0 Å². The summed E-state index contributed by atoms with van der Waals surface area (Å²) >= 11 is 0. The Kier molecular flexibility index (Phi) is 3.37. The third-order valence-corrected chi connectivity index (χ3v) is 5.30. The lowest BCUT2D eigenvalue weighted by molar-refractivity contribution is 0.605. The van der Waals surface area contributed by atoms with Gasteiger partial charge in [0.25, 0.3) is 0 Å². The Morgan fingerprint density at radius 2 is 1.96 bits per heavy atom. The minimum atomic E-state index is 0.302. The molecule has 8 bridgehead atoms. The summed E-state index contributed by atoms with van der Waals surface area (Å²) in [5, 5.41) is 6.05. The number of rotatable bonds is 0. The monoisotopic (exact) mass is 318 g/mol. The van der Waals surface area contributed by atoms with E-state index in [2.05, 4.69) is 52.8 Å². The van der Waals surface area contributed by atoms with Crippen LogP contribution in [0.15, 0.2) is 46.0 Å². The van der Waals surface area contributed by atoms with Crippen LogP contribution in [0.1, 0.15) is 32.1 Å². The second kappa shape index (κ2) is 5.71. The van der Waals surface area contributed by atoms with Gasteiger partial charge >= 0.3 is 0 Å². The lowest BCUT2D eigenvalue weighted by Crippen LogP contribution is -2.31. The molecule has 122 valence electrons. The van der Waals surface area contributed by atoms with Gasteiger partial charge in [0.15, 0.2) is 0 Å². The molecule has 0 radical (unpaired) electrons. The van der Waals surface area contributed by atoms with Gasteiger partial charge in [0.1, 0.15) is 0 Å². The Morgan fingerprint density at radius 1 is 1.00 bits per heavy atom. The normalized spacial score (nSPS) is 31.2. The molecule has 0 aliphatic carbocycles. The van der Waals surface area contributed by atoms with Gasteiger partial charge in [-0.3, -0.25) is 4.99 Å². The molecule has 0 saturated carbocycles. The van der Waals surface area contributed by atoms with Gasteiger partial charge in [-0.1, -0.05) is 0 Å². The highest BCUT2D eigenvalue weighted by Gasteiger charge is 2.25. The molecule has 4 nitrogen and oxygen atoms in total. The number of H-pyrrole nitrogens is 1. The minimum Gasteiger partial charge on any atom is -0.356 e. The van der Waals surface area contributed by atoms with Gasteiger partial charge < -0.3 is 10.3 Å². The second-order valence-corrected chi connectivity index (χ2v) is 7.19. The van der Waals surface area contributed by atoms with Crippen molar-refractivity contribution in [2.24, 2.45) is 9.98 Å². The SMILES string of the molecule is C1=CC2=NC1=CC1CCC(=N1)CC1CCC(C=c3ccc([nH]3)=C2)N1. The van der Waals surface area contributed by atoms with E-state index >= 15 is 0 Å². The van der Waals surface area contributed by atoms with E-state index in [0.717, 1.165) is 36.0 Å². The molecule has 1 aromatic rings. The Balaban J connectivity index is 1.56. The van der Waals surface area contributed by atoms with Gasteiger partial charge in [0.2, 0.25) is 0 Å². The molecule has 4 heteroatoms. The van der Waals surface area contributed by atoms with Crippen LogP contribution < -0.4 is 16.0 Å². The predicted octanol–water partition coefficient (Wildman–Crippen LogP) is 1.60. The van der Waals surface area contributed by atoms with Gasteiger partial charge in [-0.25, -0.2) is 4.99 Å². The van der Waals surface area contributed by atoms with Gasteiger partial charge in [0, 0.05) is 34.9 Å². The van der Waals surface area contributed by atoms with E-state index in [4.69, 9.17) is 9.98 Å². The third-order valence-electron chi connectivity index (χ3n) is 5.30. The number of aromatic amines is 1. The fourth-order valence-electron chi connectivity index (χ4n) is 4.13. The maximum Gasteiger partial charge on any atom is 0.0706 e. The van der Waals surface area contributed by atoms with Crippen LogP contribution >= 0.6 is 0 Å². The summed E-state index contributed by atoms with van der Waals surface area (Å²) < 4.78 is 0. The van der Waals surface area contributed by atoms with Crippen LogP contribution in [0.25, 0.3) is 12.2 Å². The number of nitrogens with one attached hydrogen (secondary N) is 2. The summed E-state index contributed by atoms with van der Waals surface area (Å²) in [6.45, 7) is 0. The molecule has 3 unspecified atom stereocenters. The van der Waals surface area contributed by atoms with Crippen molar-refractivity contribution in [3.05, 3.63) is 46.8 Å². The number of fused-ring (bicyclic) bond motifs is 6. The Morgan fingerprint density at radius 3 is 2.96 bits per heavy atom. The summed E-state index contributed by atoms with van der Waals surface area (Å²) in [6, 6.07) is 5.61. The largest absolute Gasteiger partial charge is 0.356 e. The van der Waals surface area contributed by atoms with Crippen LogP contribution in [-0.2, 0) is 0 Å². The molecule has 0 aromatic carbocycles. The zero-order valence-corrected chi connectivity index (χ0v) is 13.7. The molecule has 5 rings (SSSR count). The van der Waals surface area contributed by atoms with Crippen molar-refractivity contribution in [2.45, 2.75) is 50.2 Å². The fraction of sp³-hybridized carbons (Fsp3) is 0.400. The summed E-state index contributed by atoms with van der Waals surface area (Å²) in [5.74, 6) is 0. The van der Waals surface area contributed by atoms with Crippen LogP contribution in [-0.4, -0.2) is 34.5 Å². The van der Waals surface area contributed by atoms with Crippen molar-refractivity contribution < 1.29 is 0 Å². The number of aromatic nitrogens is 1. The first kappa shape index (κ1) is 14.2. The molecule has 1 fully saturated rings. The molecule has 5 heterocycles. The van der Waals surface area contributed by atoms with Crippen LogP contribution in [0.5, 0.6) is 0 Å². The minimum absolute atomic E-state index is 0.302. The van der Waals surface area contributed by atoms with Crippen LogP contribution in [0.3, 0.4) is 0 Å². The first-order chi connectivity index (χ1) is 11.8. The highest BCUT2D eigenvalue weighted by atomic mass is 15.0. The zero-order valence-electron chi connectivity index (χ0n) is 13.7. The van der Waals surface area contributed by atoms with E-state index in [1.54, 1.807) is 0 Å². The highest BCUT2D eigenvalue weighted by molar-refractivity contribution is 6.19. The molecule has 2 N–H and O–H groups in total. The van der Waals surface area contributed by atoms with Crippen LogP contribution in [0.4, 0.5) is 0 Å². The Hall–Kier alpha value is -2.20. The van der Waals surface area contributed by atoms with Crippen molar-refractivity contribution in [3.63, 3.8) is 0 Å². The standard InChI is InChI=1S/C20H22N4/c1-2-14-10-16-5-6-18(23-16)12-20-8-7-19(24-20)11-17-4-3-15(22-17)9-13(1)21-14/h1-4,9-11,16,18-19,21,23H,5-8,12H2. The smallest absolute Gasteiger partial charge is 0.0706 e. The molecule has 3 atom stereocenters. The summed E-state index contributed by atoms with van der Waals surface area (Å²) in [7, 11) is 0. The van der Waals surface area contributed by atoms with Gasteiger partial charge in [0.05, 0.1) is 17.5 Å². The fourth-order valence-corrected chi connectivity index (χ4v) is 4.13. The second-order valence-electron chi connectivity index (χ2n) is 7.19. The number of nitrogens with zero attached hydrogens (tertiary/aromatic N) is 2. The van der Waals surface area contributed by atoms with Crippen molar-refractivity contribution in [1.29, 1.82) is 0 Å². The van der Waals surface area contributed by atoms with Crippen molar-refractivity contribution >= 4 is 23.6 Å². The van der Waals surface area contributed by atoms with Gasteiger partial charge in [-0.15, -0.1) is 0 Å². The number of aliphatic imine (C=N–C) groups is 2. The molecule has 4 aliphatic rings. The van der Waals surface area contributed by atoms with Gasteiger partial charge in [-0.2, -0.15) is 0 Å². The van der Waals surface area contributed by atoms with E-state index in [1.165, 1.54) is 23.9 Å². The topological polar surface area (TPSA) is 52.5 Å². The Bertz CT molecular complexity index is 896. The summed E-state index contributed by atoms with van der Waals surface area (Å²) in [5.41, 5.74) is 3.42. The van der Waals surface area contributed by atoms with Crippen molar-refractivity contribution in [1.82, 2.24) is 10.3 Å². The highest BCUT2D eigenvalue weighted by Crippen LogP contribution is 2.24. The maximum atomic E-state index is 4.93. The van der Waals surface area contributed by atoms with Crippen molar-refractivity contribution in [2.75, 3.05) is 0 Å². The quantitative estimate of drug-likeness (QED) is 0.750. The number of hydrogen-bond donors (Lipinski definition) is 2. The first-order valence-electron chi connectivity index (χ1n) is 8.99. The molecule has 1 aromatic heterocycles. The van der Waals surface area contributed by atoms with E-state index < -0.39 is 0 Å². The van der Waals surface area contributed by atoms with Crippen LogP contribution in [0, 0.1) is 0 Å². The van der Waals surface area contributed by atoms with E-state index in [0.29, 0.717) is 18.1 Å². The van der Waals surface area contributed by atoms with E-state index in [-0.39, 0.29) is 0 Å². The average Bonchev–Trinajstić information content (AvgIpc) is 3.32. The summed E-state index contributed by atoms with van der Waals surface area (Å²) in [6.07, 6.45) is 16.6. The van der Waals surface area contributed by atoms with Gasteiger partial charge in [-0.05, 0) is 68.2 Å².